The number of hydrogen-bond donors (Lipinski definition) is 3. The molecule has 0 bridgehead atoms. The van der Waals surface area contributed by atoms with Crippen LogP contribution in [-0.2, 0) is 9.59 Å². The Bertz CT molecular complexity index is 906. The summed E-state index contributed by atoms with van der Waals surface area (Å²) in [4.78, 5) is 35.6. The molecule has 0 aliphatic heterocycles. The fourth-order valence-electron chi connectivity index (χ4n) is 3.22. The van der Waals surface area contributed by atoms with Crippen LogP contribution in [0.2, 0.25) is 0 Å². The van der Waals surface area contributed by atoms with E-state index in [2.05, 4.69) is 10.6 Å². The van der Waals surface area contributed by atoms with Crippen LogP contribution in [0.1, 0.15) is 43.2 Å². The molecular formula is C23H31N3O7. The van der Waals surface area contributed by atoms with Gasteiger partial charge >= 0.3 is 0 Å². The molecule has 180 valence electrons. The van der Waals surface area contributed by atoms with Crippen molar-refractivity contribution in [1.29, 1.82) is 0 Å². The second kappa shape index (κ2) is 13.1. The number of ether oxygens (including phenoxy) is 2. The zero-order chi connectivity index (χ0) is 24.2. The number of nitrogens with zero attached hydrogens (tertiary/aromatic N) is 1. The van der Waals surface area contributed by atoms with Crippen LogP contribution in [0.3, 0.4) is 0 Å². The predicted octanol–water partition coefficient (Wildman–Crippen LogP) is 2.81. The Morgan fingerprint density at radius 1 is 1.12 bits per heavy atom. The predicted molar refractivity (Wildman–Crippen MR) is 120 cm³/mol. The summed E-state index contributed by atoms with van der Waals surface area (Å²) in [7, 11) is 3.08. The smallest absolute Gasteiger partial charge is 0.288 e. The van der Waals surface area contributed by atoms with Crippen LogP contribution < -0.4 is 20.1 Å². The number of hydrogen-bond acceptors (Lipinski definition) is 7. The Kier molecular flexibility index (Phi) is 10.2. The Balaban J connectivity index is 1.94. The lowest BCUT2D eigenvalue weighted by Gasteiger charge is -2.19. The van der Waals surface area contributed by atoms with E-state index in [1.807, 2.05) is 6.92 Å². The number of rotatable bonds is 14. The number of nitrogens with one attached hydrogen (secondary N) is 2. The van der Waals surface area contributed by atoms with Crippen LogP contribution in [0, 0.1) is 5.92 Å². The molecule has 0 radical (unpaired) electrons. The largest absolute Gasteiger partial charge is 0.497 e. The Morgan fingerprint density at radius 3 is 2.42 bits per heavy atom. The van der Waals surface area contributed by atoms with Gasteiger partial charge in [0.1, 0.15) is 17.3 Å². The van der Waals surface area contributed by atoms with Crippen molar-refractivity contribution in [2.24, 2.45) is 5.92 Å². The van der Waals surface area contributed by atoms with E-state index < -0.39 is 11.8 Å². The number of methoxy groups -OCH3 is 2. The molecule has 0 fully saturated rings. The van der Waals surface area contributed by atoms with Gasteiger partial charge in [-0.1, -0.05) is 26.2 Å². The van der Waals surface area contributed by atoms with Gasteiger partial charge in [-0.3, -0.25) is 19.6 Å². The summed E-state index contributed by atoms with van der Waals surface area (Å²) >= 11 is 0. The van der Waals surface area contributed by atoms with Gasteiger partial charge in [0.15, 0.2) is 5.76 Å². The maximum atomic E-state index is 12.5. The summed E-state index contributed by atoms with van der Waals surface area (Å²) in [6.45, 7) is 1.80. The molecule has 0 saturated heterocycles. The van der Waals surface area contributed by atoms with Crippen molar-refractivity contribution in [1.82, 2.24) is 15.7 Å². The molecule has 0 aliphatic carbocycles. The first-order chi connectivity index (χ1) is 15.9. The molecule has 0 spiro atoms. The van der Waals surface area contributed by atoms with Crippen molar-refractivity contribution in [2.45, 2.75) is 32.6 Å². The van der Waals surface area contributed by atoms with Gasteiger partial charge < -0.3 is 24.5 Å². The third kappa shape index (κ3) is 7.83. The van der Waals surface area contributed by atoms with E-state index in [1.165, 1.54) is 6.07 Å². The quantitative estimate of drug-likeness (QED) is 0.130. The summed E-state index contributed by atoms with van der Waals surface area (Å²) in [5.41, 5.74) is 0.678. The molecule has 1 aromatic heterocycles. The minimum Gasteiger partial charge on any atom is -0.497 e. The highest BCUT2D eigenvalue weighted by Gasteiger charge is 2.21. The van der Waals surface area contributed by atoms with E-state index in [-0.39, 0.29) is 31.3 Å². The molecule has 2 rings (SSSR count). The number of amides is 3. The van der Waals surface area contributed by atoms with Crippen molar-refractivity contribution in [3.05, 3.63) is 36.1 Å². The maximum Gasteiger partial charge on any atom is 0.288 e. The summed E-state index contributed by atoms with van der Waals surface area (Å²) in [5.74, 6) is 0.240. The molecule has 2 aromatic rings. The molecule has 1 heterocycles. The SMILES string of the molecule is CCCCC[C@H](CN(O)C=O)C(=O)NCNC(=O)c1ccc(-c2cc(OC)cc(OC)c2)o1. The zero-order valence-electron chi connectivity index (χ0n) is 19.1. The lowest BCUT2D eigenvalue weighted by Crippen LogP contribution is -2.42. The van der Waals surface area contributed by atoms with E-state index in [1.54, 1.807) is 38.5 Å². The van der Waals surface area contributed by atoms with E-state index in [4.69, 9.17) is 13.9 Å². The number of carbonyl (C=O) groups is 3. The molecule has 1 atom stereocenters. The standard InChI is InChI=1S/C23H31N3O7/c1-4-5-6-7-16(13-26(30)15-27)22(28)24-14-25-23(29)21-9-8-20(33-21)17-10-18(31-2)12-19(11-17)32-3/h8-12,15-16,30H,4-7,13-14H2,1-3H3,(H,24,28)(H,25,29)/t16-/m1/s1. The van der Waals surface area contributed by atoms with E-state index in [0.29, 0.717) is 34.3 Å². The van der Waals surface area contributed by atoms with Crippen molar-refractivity contribution in [3.63, 3.8) is 0 Å². The molecule has 0 aliphatic rings. The number of benzene rings is 1. The highest BCUT2D eigenvalue weighted by molar-refractivity contribution is 5.92. The minimum atomic E-state index is -0.582. The van der Waals surface area contributed by atoms with Gasteiger partial charge in [0.05, 0.1) is 33.4 Å². The van der Waals surface area contributed by atoms with Crippen molar-refractivity contribution in [3.8, 4) is 22.8 Å². The van der Waals surface area contributed by atoms with Crippen LogP contribution in [0.5, 0.6) is 11.5 Å². The van der Waals surface area contributed by atoms with Gasteiger partial charge in [-0.25, -0.2) is 5.06 Å². The van der Waals surface area contributed by atoms with Gasteiger partial charge in [0, 0.05) is 11.6 Å². The van der Waals surface area contributed by atoms with Crippen LogP contribution in [0.15, 0.2) is 34.7 Å². The molecule has 1 aromatic carbocycles. The number of unbranched alkanes of at least 4 members (excludes halogenated alkanes) is 2. The van der Waals surface area contributed by atoms with Crippen LogP contribution in [0.25, 0.3) is 11.3 Å². The zero-order valence-corrected chi connectivity index (χ0v) is 19.1. The van der Waals surface area contributed by atoms with Crippen LogP contribution in [-0.4, -0.2) is 55.9 Å². The summed E-state index contributed by atoms with van der Waals surface area (Å²) in [5, 5.41) is 15.1. The lowest BCUT2D eigenvalue weighted by atomic mass is 10.0. The van der Waals surface area contributed by atoms with Gasteiger partial charge in [0.25, 0.3) is 5.91 Å². The average Bonchev–Trinajstić information content (AvgIpc) is 3.33. The first-order valence-corrected chi connectivity index (χ1v) is 10.7. The number of carbonyl (C=O) groups excluding carboxylic acids is 3. The molecule has 3 N–H and O–H groups in total. The maximum absolute atomic E-state index is 12.5. The molecule has 33 heavy (non-hydrogen) atoms. The summed E-state index contributed by atoms with van der Waals surface area (Å²) in [6, 6.07) is 8.42. The highest BCUT2D eigenvalue weighted by Crippen LogP contribution is 2.30. The number of hydroxylamine groups is 2. The Labute approximate surface area is 192 Å². The van der Waals surface area contributed by atoms with Crippen molar-refractivity contribution < 1.29 is 33.5 Å². The number of furan rings is 1. The molecule has 10 heteroatoms. The highest BCUT2D eigenvalue weighted by atomic mass is 16.5. The fraction of sp³-hybridized carbons (Fsp3) is 0.435. The van der Waals surface area contributed by atoms with E-state index in [9.17, 15) is 19.6 Å². The lowest BCUT2D eigenvalue weighted by molar-refractivity contribution is -0.154. The molecular weight excluding hydrogens is 430 g/mol. The first kappa shape index (κ1) is 25.7. The third-order valence-corrected chi connectivity index (χ3v) is 5.03. The Morgan fingerprint density at radius 2 is 1.82 bits per heavy atom. The van der Waals surface area contributed by atoms with Gasteiger partial charge in [-0.15, -0.1) is 0 Å². The third-order valence-electron chi connectivity index (χ3n) is 5.03. The van der Waals surface area contributed by atoms with Crippen LogP contribution in [0.4, 0.5) is 0 Å². The van der Waals surface area contributed by atoms with Crippen molar-refractivity contribution in [2.75, 3.05) is 27.4 Å². The second-order valence-corrected chi connectivity index (χ2v) is 7.41. The van der Waals surface area contributed by atoms with Crippen molar-refractivity contribution >= 4 is 18.2 Å². The first-order valence-electron chi connectivity index (χ1n) is 10.7. The fourth-order valence-corrected chi connectivity index (χ4v) is 3.22. The minimum absolute atomic E-state index is 0.0722. The summed E-state index contributed by atoms with van der Waals surface area (Å²) in [6.07, 6.45) is 3.48. The normalized spacial score (nSPS) is 11.4. The molecule has 10 nitrogen and oxygen atoms in total. The van der Waals surface area contributed by atoms with Gasteiger partial charge in [-0.05, 0) is 30.7 Å². The van der Waals surface area contributed by atoms with E-state index in [0.717, 1.165) is 19.3 Å². The second-order valence-electron chi connectivity index (χ2n) is 7.41. The van der Waals surface area contributed by atoms with E-state index >= 15 is 0 Å². The Hall–Kier alpha value is -3.53. The summed E-state index contributed by atoms with van der Waals surface area (Å²) < 4.78 is 16.2. The topological polar surface area (TPSA) is 130 Å². The van der Waals surface area contributed by atoms with Gasteiger partial charge in [-0.2, -0.15) is 0 Å². The average molecular weight is 462 g/mol. The molecule has 0 unspecified atom stereocenters. The molecule has 3 amide bonds. The van der Waals surface area contributed by atoms with Crippen LogP contribution >= 0.6 is 0 Å². The molecule has 0 saturated carbocycles. The van der Waals surface area contributed by atoms with Gasteiger partial charge in [0.2, 0.25) is 12.3 Å². The monoisotopic (exact) mass is 461 g/mol.